The number of nitrogens with zero attached hydrogens (tertiary/aromatic N) is 1. The van der Waals surface area contributed by atoms with E-state index in [9.17, 15) is 19.4 Å². The lowest BCUT2D eigenvalue weighted by Gasteiger charge is -2.22. The average Bonchev–Trinajstić information content (AvgIpc) is 2.36. The van der Waals surface area contributed by atoms with Crippen molar-refractivity contribution in [2.45, 2.75) is 38.6 Å². The monoisotopic (exact) mass is 320 g/mol. The van der Waals surface area contributed by atoms with Gasteiger partial charge in [0, 0.05) is 12.1 Å². The first-order chi connectivity index (χ1) is 9.60. The van der Waals surface area contributed by atoms with Gasteiger partial charge in [-0.25, -0.2) is 14.2 Å². The molecule has 0 aromatic carbocycles. The number of aromatic nitrogens is 1. The molecule has 0 saturated heterocycles. The van der Waals surface area contributed by atoms with Gasteiger partial charge in [0.25, 0.3) is 0 Å². The summed E-state index contributed by atoms with van der Waals surface area (Å²) in [5, 5.41) is 21.9. The molecule has 2 unspecified atom stereocenters. The first-order valence-corrected chi connectivity index (χ1v) is 6.62. The van der Waals surface area contributed by atoms with Crippen LogP contribution in [0.15, 0.2) is 12.3 Å². The fraction of sp³-hybridized carbons (Fsp3) is 0.538. The molecule has 1 amide bonds. The Labute approximate surface area is 126 Å². The van der Waals surface area contributed by atoms with E-state index in [-0.39, 0.29) is 17.3 Å². The third-order valence-electron chi connectivity index (χ3n) is 2.39. The maximum Gasteiger partial charge on any atom is 0.407 e. The highest BCUT2D eigenvalue weighted by Gasteiger charge is 2.24. The van der Waals surface area contributed by atoms with Crippen LogP contribution in [0, 0.1) is 5.82 Å². The summed E-state index contributed by atoms with van der Waals surface area (Å²) in [5.41, 5.74) is -0.883. The van der Waals surface area contributed by atoms with Gasteiger partial charge in [-0.2, -0.15) is 0 Å². The lowest BCUT2D eigenvalue weighted by Crippen LogP contribution is -2.39. The summed E-state index contributed by atoms with van der Waals surface area (Å²) in [6.07, 6.45) is -2.89. The minimum absolute atomic E-state index is 0.0160. The number of carbonyl (C=O) groups is 1. The van der Waals surface area contributed by atoms with E-state index in [2.05, 4.69) is 10.3 Å². The lowest BCUT2D eigenvalue weighted by atomic mass is 10.1. The minimum atomic E-state index is -1.56. The Bertz CT molecular complexity index is 507. The Morgan fingerprint density at radius 1 is 1.52 bits per heavy atom. The van der Waals surface area contributed by atoms with Crippen molar-refractivity contribution < 1.29 is 24.1 Å². The summed E-state index contributed by atoms with van der Waals surface area (Å²) in [6.45, 7) is 4.75. The molecule has 6 nitrogen and oxygen atoms in total. The predicted molar refractivity (Wildman–Crippen MR) is 74.4 cm³/mol. The van der Waals surface area contributed by atoms with Crippen molar-refractivity contribution in [2.24, 2.45) is 0 Å². The maximum atomic E-state index is 13.5. The van der Waals surface area contributed by atoms with Crippen molar-refractivity contribution >= 4 is 17.7 Å². The summed E-state index contributed by atoms with van der Waals surface area (Å²) >= 11 is 5.61. The molecule has 0 aliphatic heterocycles. The number of carbonyl (C=O) groups excluding carboxylic acids is 1. The van der Waals surface area contributed by atoms with E-state index in [1.165, 1.54) is 0 Å². The number of aliphatic hydroxyl groups is 2. The molecule has 0 aliphatic carbocycles. The second-order valence-corrected chi connectivity index (χ2v) is 5.81. The lowest BCUT2D eigenvalue weighted by molar-refractivity contribution is 0.0112. The number of amides is 1. The van der Waals surface area contributed by atoms with Crippen molar-refractivity contribution in [1.29, 1.82) is 0 Å². The van der Waals surface area contributed by atoms with Crippen molar-refractivity contribution in [2.75, 3.05) is 6.54 Å². The molecule has 0 spiro atoms. The Balaban J connectivity index is 2.61. The third kappa shape index (κ3) is 5.82. The molecule has 3 N–H and O–H groups in total. The van der Waals surface area contributed by atoms with E-state index in [0.29, 0.717) is 0 Å². The van der Waals surface area contributed by atoms with E-state index in [4.69, 9.17) is 16.3 Å². The topological polar surface area (TPSA) is 91.7 Å². The van der Waals surface area contributed by atoms with E-state index in [1.54, 1.807) is 20.8 Å². The van der Waals surface area contributed by atoms with Crippen LogP contribution in [0.3, 0.4) is 0 Å². The largest absolute Gasteiger partial charge is 0.444 e. The number of rotatable bonds is 4. The number of ether oxygens (including phenoxy) is 1. The zero-order valence-corrected chi connectivity index (χ0v) is 12.7. The van der Waals surface area contributed by atoms with Gasteiger partial charge < -0.3 is 20.3 Å². The van der Waals surface area contributed by atoms with Crippen molar-refractivity contribution in [3.05, 3.63) is 28.8 Å². The molecule has 0 aliphatic rings. The van der Waals surface area contributed by atoms with Crippen LogP contribution in [0.4, 0.5) is 9.18 Å². The highest BCUT2D eigenvalue weighted by molar-refractivity contribution is 6.29. The maximum absolute atomic E-state index is 13.5. The fourth-order valence-electron chi connectivity index (χ4n) is 1.48. The van der Waals surface area contributed by atoms with Crippen LogP contribution in [0.2, 0.25) is 5.15 Å². The van der Waals surface area contributed by atoms with Gasteiger partial charge in [0.05, 0.1) is 6.20 Å². The predicted octanol–water partition coefficient (Wildman–Crippen LogP) is 1.79. The summed E-state index contributed by atoms with van der Waals surface area (Å²) in [7, 11) is 0. The quantitative estimate of drug-likeness (QED) is 0.736. The number of alkyl carbamates (subject to hydrolysis) is 1. The standard InChI is InChI=1S/C13H18ClFN2O4/c1-13(2,3)21-12(20)17-6-9(18)11(19)7-4-10(14)16-5-8(7)15/h4-5,9,11,18-19H,6H2,1-3H3,(H,17,20). The molecule has 1 aromatic rings. The number of aliphatic hydroxyl groups excluding tert-OH is 2. The number of pyridine rings is 1. The number of hydrogen-bond acceptors (Lipinski definition) is 5. The zero-order chi connectivity index (χ0) is 16.2. The second-order valence-electron chi connectivity index (χ2n) is 5.42. The molecular formula is C13H18ClFN2O4. The molecular weight excluding hydrogens is 303 g/mol. The first-order valence-electron chi connectivity index (χ1n) is 6.24. The zero-order valence-electron chi connectivity index (χ0n) is 11.9. The molecule has 0 bridgehead atoms. The summed E-state index contributed by atoms with van der Waals surface area (Å²) in [5.74, 6) is -0.803. The highest BCUT2D eigenvalue weighted by atomic mass is 35.5. The minimum Gasteiger partial charge on any atom is -0.444 e. The number of hydrogen-bond donors (Lipinski definition) is 3. The molecule has 0 fully saturated rings. The third-order valence-corrected chi connectivity index (χ3v) is 2.60. The molecule has 1 heterocycles. The van der Waals surface area contributed by atoms with Crippen molar-refractivity contribution in [3.63, 3.8) is 0 Å². The summed E-state index contributed by atoms with van der Waals surface area (Å²) in [4.78, 5) is 14.9. The van der Waals surface area contributed by atoms with Gasteiger partial charge in [0.1, 0.15) is 28.8 Å². The SMILES string of the molecule is CC(C)(C)OC(=O)NCC(O)C(O)c1cc(Cl)ncc1F. The second kappa shape index (κ2) is 7.02. The van der Waals surface area contributed by atoms with Gasteiger partial charge in [-0.3, -0.25) is 0 Å². The van der Waals surface area contributed by atoms with Crippen molar-refractivity contribution in [3.8, 4) is 0 Å². The van der Waals surface area contributed by atoms with Gasteiger partial charge in [0.2, 0.25) is 0 Å². The van der Waals surface area contributed by atoms with Crippen LogP contribution in [0.25, 0.3) is 0 Å². The normalized spacial score (nSPS) is 14.4. The van der Waals surface area contributed by atoms with Gasteiger partial charge in [-0.1, -0.05) is 11.6 Å². The number of nitrogens with one attached hydrogen (secondary N) is 1. The summed E-state index contributed by atoms with van der Waals surface area (Å²) < 4.78 is 18.5. The first kappa shape index (κ1) is 17.6. The molecule has 21 heavy (non-hydrogen) atoms. The highest BCUT2D eigenvalue weighted by Crippen LogP contribution is 2.22. The van der Waals surface area contributed by atoms with E-state index >= 15 is 0 Å². The Hall–Kier alpha value is -1.44. The van der Waals surface area contributed by atoms with Crippen LogP contribution in [-0.4, -0.2) is 39.5 Å². The smallest absolute Gasteiger partial charge is 0.407 e. The van der Waals surface area contributed by atoms with Gasteiger partial charge in [-0.05, 0) is 26.8 Å². The van der Waals surface area contributed by atoms with Crippen LogP contribution in [0.1, 0.15) is 32.4 Å². The van der Waals surface area contributed by atoms with Crippen LogP contribution in [0.5, 0.6) is 0 Å². The summed E-state index contributed by atoms with van der Waals surface area (Å²) in [6, 6.07) is 1.11. The van der Waals surface area contributed by atoms with Crippen LogP contribution < -0.4 is 5.32 Å². The molecule has 1 rings (SSSR count). The molecule has 8 heteroatoms. The van der Waals surface area contributed by atoms with Gasteiger partial charge in [0.15, 0.2) is 0 Å². The van der Waals surface area contributed by atoms with E-state index in [0.717, 1.165) is 12.3 Å². The molecule has 0 radical (unpaired) electrons. The Morgan fingerprint density at radius 2 is 2.14 bits per heavy atom. The fourth-order valence-corrected chi connectivity index (χ4v) is 1.64. The van der Waals surface area contributed by atoms with Gasteiger partial charge in [-0.15, -0.1) is 0 Å². The Kier molecular flexibility index (Phi) is 5.88. The molecule has 0 saturated carbocycles. The molecule has 1 aromatic heterocycles. The number of halogens is 2. The van der Waals surface area contributed by atoms with Crippen molar-refractivity contribution in [1.82, 2.24) is 10.3 Å². The Morgan fingerprint density at radius 3 is 2.71 bits per heavy atom. The average molecular weight is 321 g/mol. The molecule has 118 valence electrons. The van der Waals surface area contributed by atoms with Gasteiger partial charge >= 0.3 is 6.09 Å². The van der Waals surface area contributed by atoms with Crippen LogP contribution >= 0.6 is 11.6 Å². The van der Waals surface area contributed by atoms with Crippen LogP contribution in [-0.2, 0) is 4.74 Å². The molecule has 2 atom stereocenters. The van der Waals surface area contributed by atoms with E-state index in [1.807, 2.05) is 0 Å². The van der Waals surface area contributed by atoms with E-state index < -0.39 is 29.7 Å².